The fraction of sp³-hybridized carbons (Fsp3) is 0.400. The van der Waals surface area contributed by atoms with Crippen molar-refractivity contribution in [2.45, 2.75) is 25.8 Å². The monoisotopic (exact) mass is 353 g/mol. The Morgan fingerprint density at radius 2 is 2.08 bits per heavy atom. The van der Waals surface area contributed by atoms with Gasteiger partial charge in [-0.15, -0.1) is 0 Å². The van der Waals surface area contributed by atoms with Gasteiger partial charge in [0.25, 0.3) is 5.91 Å². The van der Waals surface area contributed by atoms with Gasteiger partial charge in [0, 0.05) is 37.3 Å². The number of rotatable bonds is 4. The van der Waals surface area contributed by atoms with Crippen molar-refractivity contribution in [2.24, 2.45) is 5.92 Å². The van der Waals surface area contributed by atoms with Crippen LogP contribution in [0.1, 0.15) is 30.3 Å². The maximum atomic E-state index is 12.5. The van der Waals surface area contributed by atoms with Crippen molar-refractivity contribution in [3.8, 4) is 11.3 Å². The van der Waals surface area contributed by atoms with Crippen molar-refractivity contribution < 1.29 is 14.0 Å². The first-order valence-corrected chi connectivity index (χ1v) is 9.08. The molecule has 3 heterocycles. The lowest BCUT2D eigenvalue weighted by atomic mass is 9.97. The van der Waals surface area contributed by atoms with Crippen LogP contribution in [-0.4, -0.2) is 42.4 Å². The van der Waals surface area contributed by atoms with Gasteiger partial charge in [0.1, 0.15) is 5.76 Å². The third kappa shape index (κ3) is 3.65. The van der Waals surface area contributed by atoms with Crippen LogP contribution in [0.4, 0.5) is 5.69 Å². The zero-order valence-corrected chi connectivity index (χ0v) is 14.8. The van der Waals surface area contributed by atoms with Gasteiger partial charge in [0.15, 0.2) is 5.76 Å². The molecule has 0 aliphatic carbocycles. The number of carbonyl (C=O) groups excluding carboxylic acids is 2. The van der Waals surface area contributed by atoms with Gasteiger partial charge in [-0.3, -0.25) is 9.59 Å². The SMILES string of the molecule is CC(=O)Nc1cccc(-c2ccc(C(=O)N[C@@H]3C[C@H]4CCN(C4)C3)o2)c1. The Balaban J connectivity index is 1.44. The summed E-state index contributed by atoms with van der Waals surface area (Å²) in [7, 11) is 0. The average Bonchev–Trinajstić information content (AvgIpc) is 3.21. The van der Waals surface area contributed by atoms with Gasteiger partial charge in [-0.2, -0.15) is 0 Å². The van der Waals surface area contributed by atoms with Gasteiger partial charge < -0.3 is 20.0 Å². The summed E-state index contributed by atoms with van der Waals surface area (Å²) in [5.41, 5.74) is 1.52. The van der Waals surface area contributed by atoms with Crippen molar-refractivity contribution in [2.75, 3.05) is 25.0 Å². The summed E-state index contributed by atoms with van der Waals surface area (Å²) in [6.45, 7) is 4.71. The summed E-state index contributed by atoms with van der Waals surface area (Å²) < 4.78 is 5.76. The molecule has 2 saturated heterocycles. The molecule has 1 aromatic heterocycles. The van der Waals surface area contributed by atoms with Crippen molar-refractivity contribution in [1.29, 1.82) is 0 Å². The van der Waals surface area contributed by atoms with Crippen LogP contribution in [0.3, 0.4) is 0 Å². The topological polar surface area (TPSA) is 74.6 Å². The molecule has 2 aliphatic heterocycles. The molecule has 26 heavy (non-hydrogen) atoms. The van der Waals surface area contributed by atoms with Crippen LogP contribution >= 0.6 is 0 Å². The molecule has 2 bridgehead atoms. The number of nitrogens with zero attached hydrogens (tertiary/aromatic N) is 1. The molecule has 0 radical (unpaired) electrons. The minimum atomic E-state index is -0.165. The molecule has 6 heteroatoms. The van der Waals surface area contributed by atoms with Gasteiger partial charge in [0.05, 0.1) is 0 Å². The largest absolute Gasteiger partial charge is 0.451 e. The Bertz CT molecular complexity index is 817. The average molecular weight is 353 g/mol. The van der Waals surface area contributed by atoms with Gasteiger partial charge in [-0.05, 0) is 49.6 Å². The van der Waals surface area contributed by atoms with Crippen molar-refractivity contribution >= 4 is 17.5 Å². The molecule has 0 spiro atoms. The zero-order valence-electron chi connectivity index (χ0n) is 14.8. The van der Waals surface area contributed by atoms with Gasteiger partial charge in [0.2, 0.25) is 5.91 Å². The predicted octanol–water partition coefficient (Wildman–Crippen LogP) is 2.73. The minimum Gasteiger partial charge on any atom is -0.451 e. The van der Waals surface area contributed by atoms with E-state index >= 15 is 0 Å². The van der Waals surface area contributed by atoms with Crippen LogP contribution in [0.25, 0.3) is 11.3 Å². The number of anilines is 1. The van der Waals surface area contributed by atoms with E-state index in [0.29, 0.717) is 23.1 Å². The highest BCUT2D eigenvalue weighted by Gasteiger charge is 2.33. The predicted molar refractivity (Wildman–Crippen MR) is 98.9 cm³/mol. The Morgan fingerprint density at radius 3 is 2.88 bits per heavy atom. The first-order valence-electron chi connectivity index (χ1n) is 9.08. The van der Waals surface area contributed by atoms with Gasteiger partial charge in [-0.25, -0.2) is 0 Å². The number of carbonyl (C=O) groups is 2. The van der Waals surface area contributed by atoms with E-state index in [1.807, 2.05) is 24.3 Å². The summed E-state index contributed by atoms with van der Waals surface area (Å²) in [6, 6.07) is 11.1. The van der Waals surface area contributed by atoms with Gasteiger partial charge >= 0.3 is 0 Å². The molecule has 6 nitrogen and oxygen atoms in total. The van der Waals surface area contributed by atoms with Crippen LogP contribution in [0.2, 0.25) is 0 Å². The van der Waals surface area contributed by atoms with Crippen molar-refractivity contribution in [1.82, 2.24) is 10.2 Å². The van der Waals surface area contributed by atoms with E-state index in [-0.39, 0.29) is 17.9 Å². The molecule has 3 atom stereocenters. The highest BCUT2D eigenvalue weighted by Crippen LogP contribution is 2.28. The van der Waals surface area contributed by atoms with E-state index in [0.717, 1.165) is 25.1 Å². The second-order valence-electron chi connectivity index (χ2n) is 7.25. The molecule has 2 N–H and O–H groups in total. The standard InChI is InChI=1S/C20H23N3O3/c1-13(24)21-16-4-2-3-15(10-16)18-5-6-19(26-18)20(25)22-17-9-14-7-8-23(11-14)12-17/h2-6,10,14,17H,7-9,11-12H2,1H3,(H,21,24)(H,22,25)/t14-,17-/m1/s1. The van der Waals surface area contributed by atoms with E-state index in [4.69, 9.17) is 4.42 Å². The van der Waals surface area contributed by atoms with Crippen molar-refractivity contribution in [3.05, 3.63) is 42.2 Å². The number of hydrogen-bond donors (Lipinski definition) is 2. The van der Waals surface area contributed by atoms with Crippen LogP contribution < -0.4 is 10.6 Å². The normalized spacial score (nSPS) is 24.3. The van der Waals surface area contributed by atoms with E-state index in [1.165, 1.54) is 19.9 Å². The number of fused-ring (bicyclic) bond motifs is 2. The van der Waals surface area contributed by atoms with E-state index in [2.05, 4.69) is 15.5 Å². The quantitative estimate of drug-likeness (QED) is 0.886. The molecule has 0 saturated carbocycles. The number of furan rings is 1. The van der Waals surface area contributed by atoms with Crippen molar-refractivity contribution in [3.63, 3.8) is 0 Å². The Kier molecular flexibility index (Phi) is 4.51. The summed E-state index contributed by atoms with van der Waals surface area (Å²) in [5, 5.41) is 5.86. The summed E-state index contributed by atoms with van der Waals surface area (Å²) >= 11 is 0. The number of piperidine rings is 1. The van der Waals surface area contributed by atoms with Crippen LogP contribution in [0.15, 0.2) is 40.8 Å². The van der Waals surface area contributed by atoms with Crippen LogP contribution in [0.5, 0.6) is 0 Å². The van der Waals surface area contributed by atoms with Crippen LogP contribution in [0, 0.1) is 5.92 Å². The molecule has 2 fully saturated rings. The van der Waals surface area contributed by atoms with E-state index in [9.17, 15) is 9.59 Å². The fourth-order valence-corrected chi connectivity index (χ4v) is 3.99. The Labute approximate surface area is 152 Å². The summed E-state index contributed by atoms with van der Waals surface area (Å²) in [5.74, 6) is 1.34. The lowest BCUT2D eigenvalue weighted by Gasteiger charge is -2.30. The zero-order chi connectivity index (χ0) is 18.1. The lowest BCUT2D eigenvalue weighted by Crippen LogP contribution is -2.46. The number of amides is 2. The number of benzene rings is 1. The number of hydrogen-bond acceptors (Lipinski definition) is 4. The van der Waals surface area contributed by atoms with E-state index < -0.39 is 0 Å². The number of nitrogens with one attached hydrogen (secondary N) is 2. The first-order chi connectivity index (χ1) is 12.6. The smallest absolute Gasteiger partial charge is 0.287 e. The summed E-state index contributed by atoms with van der Waals surface area (Å²) in [4.78, 5) is 26.1. The molecule has 4 rings (SSSR count). The first kappa shape index (κ1) is 16.8. The van der Waals surface area contributed by atoms with Crippen LogP contribution in [-0.2, 0) is 4.79 Å². The lowest BCUT2D eigenvalue weighted by molar-refractivity contribution is -0.114. The molecule has 2 aromatic rings. The molecular weight excluding hydrogens is 330 g/mol. The fourth-order valence-electron chi connectivity index (χ4n) is 3.99. The molecular formula is C20H23N3O3. The maximum absolute atomic E-state index is 12.5. The molecule has 1 aromatic carbocycles. The second-order valence-corrected chi connectivity index (χ2v) is 7.25. The molecule has 2 amide bonds. The second kappa shape index (κ2) is 6.96. The Hall–Kier alpha value is -2.60. The Morgan fingerprint density at radius 1 is 1.19 bits per heavy atom. The summed E-state index contributed by atoms with van der Waals surface area (Å²) in [6.07, 6.45) is 2.29. The highest BCUT2D eigenvalue weighted by molar-refractivity contribution is 5.92. The maximum Gasteiger partial charge on any atom is 0.287 e. The van der Waals surface area contributed by atoms with Gasteiger partial charge in [-0.1, -0.05) is 12.1 Å². The van der Waals surface area contributed by atoms with E-state index in [1.54, 1.807) is 12.1 Å². The third-order valence-electron chi connectivity index (χ3n) is 5.10. The molecule has 1 unspecified atom stereocenters. The highest BCUT2D eigenvalue weighted by atomic mass is 16.3. The minimum absolute atomic E-state index is 0.126. The molecule has 136 valence electrons. The molecule has 2 aliphatic rings. The third-order valence-corrected chi connectivity index (χ3v) is 5.10.